The monoisotopic (exact) mass is 619 g/mol. The first-order chi connectivity index (χ1) is 20.3. The van der Waals surface area contributed by atoms with E-state index in [1.165, 1.54) is 80.4 Å². The number of nitrogens with zero attached hydrogens (tertiary/aromatic N) is 1. The van der Waals surface area contributed by atoms with Crippen molar-refractivity contribution in [2.75, 3.05) is 13.2 Å². The minimum absolute atomic E-state index is 0.0879. The summed E-state index contributed by atoms with van der Waals surface area (Å²) in [4.78, 5) is 0. The maximum atomic E-state index is 14.2. The van der Waals surface area contributed by atoms with Crippen molar-refractivity contribution in [3.63, 3.8) is 0 Å². The Morgan fingerprint density at radius 1 is 0.714 bits per heavy atom. The Kier molecular flexibility index (Phi) is 11.5. The minimum Gasteiger partial charge on any atom is -0.242 e. The van der Waals surface area contributed by atoms with Gasteiger partial charge in [0.15, 0.2) is 0 Å². The van der Waals surface area contributed by atoms with Crippen LogP contribution < -0.4 is 15.9 Å². The van der Waals surface area contributed by atoms with E-state index < -0.39 is 18.9 Å². The lowest BCUT2D eigenvalue weighted by Crippen LogP contribution is -2.41. The van der Waals surface area contributed by atoms with E-state index in [9.17, 15) is 4.21 Å². The lowest BCUT2D eigenvalue weighted by Gasteiger charge is -2.42. The molecule has 5 heteroatoms. The molecular weight excluding hydrogens is 568 g/mol. The molecule has 0 aliphatic heterocycles. The van der Waals surface area contributed by atoms with E-state index in [0.29, 0.717) is 0 Å². The normalized spacial score (nSPS) is 18.9. The van der Waals surface area contributed by atoms with Crippen molar-refractivity contribution in [3.8, 4) is 0 Å². The molecule has 0 spiro atoms. The SMILES string of the molecule is CN(C(CP(c1ccccc1)c1ccccc1)c1ccccc1P(C1CCCCC1)C1CCCCC1)S(=O)C(C)(C)C. The van der Waals surface area contributed by atoms with Gasteiger partial charge in [-0.05, 0) is 93.3 Å². The van der Waals surface area contributed by atoms with Crippen LogP contribution in [0.2, 0.25) is 0 Å². The standard InChI is InChI=1S/C37H51NOP2S/c1-37(2,3)42(39)38(4)35(29-40(30-19-9-5-10-20-30)31-21-11-6-12-22-31)34-27-17-18-28-36(34)41(32-23-13-7-14-24-32)33-25-15-8-16-26-33/h5-6,9-12,17-22,27-28,32-33,35H,7-8,13-16,23-26,29H2,1-4H3. The average molecular weight is 620 g/mol. The van der Waals surface area contributed by atoms with Gasteiger partial charge in [0.25, 0.3) is 0 Å². The first-order valence-corrected chi connectivity index (χ1v) is 20.4. The largest absolute Gasteiger partial charge is 0.242 e. The summed E-state index contributed by atoms with van der Waals surface area (Å²) in [7, 11) is 0.107. The van der Waals surface area contributed by atoms with Gasteiger partial charge in [-0.1, -0.05) is 131 Å². The van der Waals surface area contributed by atoms with Crippen molar-refractivity contribution in [1.82, 2.24) is 4.31 Å². The fourth-order valence-electron chi connectivity index (χ4n) is 7.12. The van der Waals surface area contributed by atoms with Gasteiger partial charge in [0, 0.05) is 7.05 Å². The van der Waals surface area contributed by atoms with E-state index in [2.05, 4.69) is 117 Å². The molecule has 0 aromatic heterocycles. The average Bonchev–Trinajstić information content (AvgIpc) is 3.03. The number of benzene rings is 3. The highest BCUT2D eigenvalue weighted by Crippen LogP contribution is 2.56. The first kappa shape index (κ1) is 32.0. The fraction of sp³-hybridized carbons (Fsp3) is 0.514. The van der Waals surface area contributed by atoms with Crippen LogP contribution in [0.4, 0.5) is 0 Å². The van der Waals surface area contributed by atoms with Gasteiger partial charge in [0.1, 0.15) is 11.0 Å². The molecule has 0 bridgehead atoms. The van der Waals surface area contributed by atoms with Crippen molar-refractivity contribution >= 4 is 42.7 Å². The van der Waals surface area contributed by atoms with Gasteiger partial charge in [-0.3, -0.25) is 0 Å². The highest BCUT2D eigenvalue weighted by molar-refractivity contribution is 7.84. The molecule has 226 valence electrons. The number of rotatable bonds is 10. The molecule has 2 atom stereocenters. The third-order valence-electron chi connectivity index (χ3n) is 9.23. The zero-order valence-corrected chi connectivity index (χ0v) is 28.9. The van der Waals surface area contributed by atoms with Crippen LogP contribution in [0.1, 0.15) is 96.6 Å². The summed E-state index contributed by atoms with van der Waals surface area (Å²) < 4.78 is 16.1. The Balaban J connectivity index is 1.62. The van der Waals surface area contributed by atoms with E-state index in [1.54, 1.807) is 5.30 Å². The molecule has 42 heavy (non-hydrogen) atoms. The second-order valence-corrected chi connectivity index (χ2v) is 20.6. The highest BCUT2D eigenvalue weighted by atomic mass is 32.2. The highest BCUT2D eigenvalue weighted by Gasteiger charge is 2.38. The van der Waals surface area contributed by atoms with E-state index in [-0.39, 0.29) is 18.7 Å². The predicted octanol–water partition coefficient (Wildman–Crippen LogP) is 9.03. The van der Waals surface area contributed by atoms with Crippen LogP contribution in [0, 0.1) is 0 Å². The molecule has 2 fully saturated rings. The molecule has 5 rings (SSSR count). The van der Waals surface area contributed by atoms with Gasteiger partial charge in [0.05, 0.1) is 10.8 Å². The molecule has 3 aromatic rings. The Hall–Kier alpha value is -1.37. The lowest BCUT2D eigenvalue weighted by molar-refractivity contribution is 0.423. The molecule has 2 aliphatic rings. The third-order valence-corrected chi connectivity index (χ3v) is 17.2. The van der Waals surface area contributed by atoms with Crippen molar-refractivity contribution in [1.29, 1.82) is 0 Å². The zero-order chi connectivity index (χ0) is 29.5. The summed E-state index contributed by atoms with van der Waals surface area (Å²) in [6, 6.07) is 31.7. The van der Waals surface area contributed by atoms with Crippen LogP contribution in [-0.2, 0) is 11.0 Å². The molecule has 0 radical (unpaired) electrons. The van der Waals surface area contributed by atoms with Gasteiger partial charge in [-0.25, -0.2) is 8.51 Å². The summed E-state index contributed by atoms with van der Waals surface area (Å²) in [6.07, 6.45) is 14.9. The molecular formula is C37H51NOP2S. The molecule has 0 amide bonds. The Morgan fingerprint density at radius 3 is 1.64 bits per heavy atom. The minimum atomic E-state index is -1.12. The summed E-state index contributed by atoms with van der Waals surface area (Å²) in [5, 5.41) is 4.43. The fourth-order valence-corrected chi connectivity index (χ4v) is 15.1. The molecule has 3 aromatic carbocycles. The summed E-state index contributed by atoms with van der Waals surface area (Å²) in [6.45, 7) is 6.37. The lowest BCUT2D eigenvalue weighted by atomic mass is 9.99. The predicted molar refractivity (Wildman–Crippen MR) is 189 cm³/mol. The van der Waals surface area contributed by atoms with E-state index >= 15 is 0 Å². The topological polar surface area (TPSA) is 20.3 Å². The van der Waals surface area contributed by atoms with E-state index in [1.807, 2.05) is 0 Å². The van der Waals surface area contributed by atoms with Crippen molar-refractivity contribution in [2.24, 2.45) is 0 Å². The van der Waals surface area contributed by atoms with Crippen molar-refractivity contribution < 1.29 is 4.21 Å². The Bertz CT molecular complexity index is 1210. The number of hydrogen-bond acceptors (Lipinski definition) is 1. The van der Waals surface area contributed by atoms with Crippen LogP contribution >= 0.6 is 15.8 Å². The molecule has 2 aliphatic carbocycles. The molecule has 2 unspecified atom stereocenters. The quantitative estimate of drug-likeness (QED) is 0.207. The van der Waals surface area contributed by atoms with Crippen LogP contribution in [0.15, 0.2) is 84.9 Å². The first-order valence-electron chi connectivity index (χ1n) is 16.2. The third kappa shape index (κ3) is 7.82. The smallest absolute Gasteiger partial charge is 0.100 e. The summed E-state index contributed by atoms with van der Waals surface area (Å²) >= 11 is 0. The van der Waals surface area contributed by atoms with Gasteiger partial charge < -0.3 is 0 Å². The second-order valence-electron chi connectivity index (χ2n) is 13.3. The molecule has 0 saturated heterocycles. The Labute approximate surface area is 261 Å². The van der Waals surface area contributed by atoms with Crippen LogP contribution in [-0.4, -0.2) is 37.8 Å². The van der Waals surface area contributed by atoms with Gasteiger partial charge in [0.2, 0.25) is 0 Å². The molecule has 0 heterocycles. The van der Waals surface area contributed by atoms with E-state index in [0.717, 1.165) is 17.5 Å². The van der Waals surface area contributed by atoms with Crippen molar-refractivity contribution in [3.05, 3.63) is 90.5 Å². The molecule has 2 saturated carbocycles. The van der Waals surface area contributed by atoms with Crippen molar-refractivity contribution in [2.45, 2.75) is 107 Å². The van der Waals surface area contributed by atoms with Gasteiger partial charge in [-0.2, -0.15) is 0 Å². The maximum Gasteiger partial charge on any atom is 0.100 e. The zero-order valence-electron chi connectivity index (χ0n) is 26.3. The summed E-state index contributed by atoms with van der Waals surface area (Å²) in [5.74, 6) is 0. The second kappa shape index (κ2) is 15.1. The maximum absolute atomic E-state index is 14.2. The van der Waals surface area contributed by atoms with Crippen LogP contribution in [0.25, 0.3) is 0 Å². The number of hydrogen-bond donors (Lipinski definition) is 0. The molecule has 0 N–H and O–H groups in total. The Morgan fingerprint density at radius 2 is 1.17 bits per heavy atom. The molecule has 2 nitrogen and oxygen atoms in total. The van der Waals surface area contributed by atoms with Crippen LogP contribution in [0.5, 0.6) is 0 Å². The van der Waals surface area contributed by atoms with Gasteiger partial charge in [-0.15, -0.1) is 0 Å². The van der Waals surface area contributed by atoms with Crippen LogP contribution in [0.3, 0.4) is 0 Å². The summed E-state index contributed by atoms with van der Waals surface area (Å²) in [5.41, 5.74) is 3.13. The van der Waals surface area contributed by atoms with E-state index in [4.69, 9.17) is 0 Å². The van der Waals surface area contributed by atoms with Gasteiger partial charge >= 0.3 is 0 Å².